The normalized spacial score (nSPS) is 11.5. The van der Waals surface area contributed by atoms with Gasteiger partial charge in [0.15, 0.2) is 11.2 Å². The van der Waals surface area contributed by atoms with Gasteiger partial charge in [-0.05, 0) is 35.4 Å². The largest absolute Gasteiger partial charge is 0.388 e. The highest BCUT2D eigenvalue weighted by Gasteiger charge is 2.15. The van der Waals surface area contributed by atoms with E-state index in [0.717, 1.165) is 10.7 Å². The lowest BCUT2D eigenvalue weighted by Gasteiger charge is -2.17. The number of aryl methyl sites for hydroxylation is 2. The van der Waals surface area contributed by atoms with E-state index in [1.54, 1.807) is 11.3 Å². The molecule has 0 N–H and O–H groups in total. The van der Waals surface area contributed by atoms with Crippen LogP contribution in [0.5, 0.6) is 0 Å². The van der Waals surface area contributed by atoms with Crippen molar-refractivity contribution in [2.45, 2.75) is 13.8 Å². The Balaban J connectivity index is 0.000000257. The van der Waals surface area contributed by atoms with Crippen LogP contribution in [0.2, 0.25) is 0 Å². The predicted octanol–water partition coefficient (Wildman–Crippen LogP) is -2.10. The minimum atomic E-state index is -4.94. The molecule has 0 amide bonds. The van der Waals surface area contributed by atoms with Gasteiger partial charge in [0.05, 0.1) is 4.70 Å². The maximum Gasteiger partial charge on any atom is 0.388 e. The van der Waals surface area contributed by atoms with E-state index in [2.05, 4.69) is 46.6 Å². The molecule has 106 valence electrons. The standard InChI is InChI=1S/C12H11N2S.ClHO4/c1-8-7-9(2)14-10-5-3-4-6-11(10)15-12(14)13-8;2-1(3,4)5/h3-7H,1-2H3;(H,2,3,4,5)/q+1;/p-1. The van der Waals surface area contributed by atoms with Crippen molar-refractivity contribution >= 4 is 26.5 Å². The van der Waals surface area contributed by atoms with Crippen molar-refractivity contribution in [3.8, 4) is 0 Å². The van der Waals surface area contributed by atoms with Gasteiger partial charge in [-0.2, -0.15) is 4.40 Å². The van der Waals surface area contributed by atoms with Crippen LogP contribution in [0.4, 0.5) is 0 Å². The second-order valence-electron chi connectivity index (χ2n) is 4.10. The molecule has 0 spiro atoms. The summed E-state index contributed by atoms with van der Waals surface area (Å²) in [4.78, 5) is 5.63. The molecule has 3 aromatic rings. The number of aromatic nitrogens is 2. The van der Waals surface area contributed by atoms with Crippen molar-refractivity contribution < 1.29 is 33.3 Å². The van der Waals surface area contributed by atoms with Crippen LogP contribution in [0, 0.1) is 24.1 Å². The average Bonchev–Trinajstić information content (AvgIpc) is 2.64. The monoisotopic (exact) mass is 314 g/mol. The number of rotatable bonds is 0. The molecular weight excluding hydrogens is 304 g/mol. The highest BCUT2D eigenvalue weighted by Crippen LogP contribution is 2.20. The second kappa shape index (κ2) is 5.57. The van der Waals surface area contributed by atoms with E-state index >= 15 is 0 Å². The van der Waals surface area contributed by atoms with Gasteiger partial charge in [0.1, 0.15) is 5.69 Å². The lowest BCUT2D eigenvalue weighted by Crippen LogP contribution is -2.68. The smallest absolute Gasteiger partial charge is 0.222 e. The number of hydrogen-bond donors (Lipinski definition) is 0. The van der Waals surface area contributed by atoms with Gasteiger partial charge in [0.2, 0.25) is 0 Å². The fraction of sp³-hybridized carbons (Fsp3) is 0.167. The number of hydrogen-bond acceptors (Lipinski definition) is 6. The molecule has 6 nitrogen and oxygen atoms in total. The van der Waals surface area contributed by atoms with E-state index in [9.17, 15) is 0 Å². The Kier molecular flexibility index (Phi) is 4.19. The Morgan fingerprint density at radius 2 is 1.70 bits per heavy atom. The summed E-state index contributed by atoms with van der Waals surface area (Å²) in [6.07, 6.45) is 0. The number of thiazole rings is 1. The van der Waals surface area contributed by atoms with E-state index in [1.807, 2.05) is 6.92 Å². The van der Waals surface area contributed by atoms with Gasteiger partial charge in [-0.15, -0.1) is 10.2 Å². The Morgan fingerprint density at radius 3 is 2.35 bits per heavy atom. The van der Waals surface area contributed by atoms with Crippen LogP contribution in [0.25, 0.3) is 15.2 Å². The van der Waals surface area contributed by atoms with Gasteiger partial charge < -0.3 is 0 Å². The first-order valence-corrected chi connectivity index (χ1v) is 7.60. The molecule has 0 fully saturated rings. The van der Waals surface area contributed by atoms with Crippen LogP contribution in [-0.4, -0.2) is 4.98 Å². The van der Waals surface area contributed by atoms with Crippen LogP contribution >= 0.6 is 11.3 Å². The molecule has 2 heterocycles. The molecule has 1 aromatic carbocycles. The zero-order valence-corrected chi connectivity index (χ0v) is 12.3. The highest BCUT2D eigenvalue weighted by atomic mass is 35.7. The molecular formula is C12H11ClN2O4S. The van der Waals surface area contributed by atoms with E-state index in [1.165, 1.54) is 15.9 Å². The van der Waals surface area contributed by atoms with Crippen LogP contribution in [0.1, 0.15) is 11.4 Å². The summed E-state index contributed by atoms with van der Waals surface area (Å²) in [6, 6.07) is 10.5. The second-order valence-corrected chi connectivity index (χ2v) is 5.87. The zero-order chi connectivity index (χ0) is 14.9. The molecule has 0 aliphatic heterocycles. The first-order chi connectivity index (χ1) is 9.25. The van der Waals surface area contributed by atoms with Gasteiger partial charge in [0.25, 0.3) is 0 Å². The van der Waals surface area contributed by atoms with Gasteiger partial charge in [-0.3, -0.25) is 0 Å². The third-order valence-corrected chi connectivity index (χ3v) is 3.56. The first kappa shape index (κ1) is 15.0. The fourth-order valence-electron chi connectivity index (χ4n) is 1.94. The van der Waals surface area contributed by atoms with Gasteiger partial charge in [-0.25, -0.2) is 18.6 Å². The molecule has 0 radical (unpaired) electrons. The van der Waals surface area contributed by atoms with Crippen LogP contribution in [0.3, 0.4) is 0 Å². The third-order valence-electron chi connectivity index (χ3n) is 2.54. The Labute approximate surface area is 120 Å². The number of nitrogens with zero attached hydrogens (tertiary/aromatic N) is 2. The van der Waals surface area contributed by atoms with Crippen molar-refractivity contribution in [3.63, 3.8) is 0 Å². The van der Waals surface area contributed by atoms with Crippen LogP contribution in [-0.2, 0) is 0 Å². The average molecular weight is 315 g/mol. The maximum atomic E-state index is 8.49. The topological polar surface area (TPSA) is 109 Å². The lowest BCUT2D eigenvalue weighted by molar-refractivity contribution is -2.00. The maximum absolute atomic E-state index is 8.49. The van der Waals surface area contributed by atoms with E-state index in [0.29, 0.717) is 0 Å². The summed E-state index contributed by atoms with van der Waals surface area (Å²) >= 11 is 1.74. The number of benzene rings is 1. The zero-order valence-electron chi connectivity index (χ0n) is 10.7. The van der Waals surface area contributed by atoms with Crippen molar-refractivity contribution in [2.75, 3.05) is 0 Å². The van der Waals surface area contributed by atoms with Crippen molar-refractivity contribution in [1.29, 1.82) is 0 Å². The minimum Gasteiger partial charge on any atom is -0.222 e. The third kappa shape index (κ3) is 3.60. The van der Waals surface area contributed by atoms with Crippen molar-refractivity contribution in [3.05, 3.63) is 41.7 Å². The summed E-state index contributed by atoms with van der Waals surface area (Å²) in [7, 11) is -4.94. The summed E-state index contributed by atoms with van der Waals surface area (Å²) < 4.78 is 37.5. The van der Waals surface area contributed by atoms with Gasteiger partial charge >= 0.3 is 4.96 Å². The van der Waals surface area contributed by atoms with Gasteiger partial charge in [0, 0.05) is 13.0 Å². The van der Waals surface area contributed by atoms with E-state index < -0.39 is 10.2 Å². The fourth-order valence-corrected chi connectivity index (χ4v) is 3.07. The van der Waals surface area contributed by atoms with E-state index in [-0.39, 0.29) is 0 Å². The predicted molar refractivity (Wildman–Crippen MR) is 62.3 cm³/mol. The quantitative estimate of drug-likeness (QED) is 0.441. The molecule has 0 saturated carbocycles. The Bertz CT molecular complexity index is 748. The van der Waals surface area contributed by atoms with Crippen molar-refractivity contribution in [2.24, 2.45) is 0 Å². The Morgan fingerprint density at radius 1 is 1.10 bits per heavy atom. The molecule has 0 atom stereocenters. The molecule has 0 aliphatic carbocycles. The lowest BCUT2D eigenvalue weighted by atomic mass is 10.3. The number of para-hydroxylation sites is 1. The van der Waals surface area contributed by atoms with E-state index in [4.69, 9.17) is 18.6 Å². The molecule has 0 saturated heterocycles. The molecule has 3 rings (SSSR count). The molecule has 0 bridgehead atoms. The van der Waals surface area contributed by atoms with Crippen LogP contribution < -0.4 is 23.0 Å². The molecule has 20 heavy (non-hydrogen) atoms. The number of fused-ring (bicyclic) bond motifs is 3. The van der Waals surface area contributed by atoms with Crippen molar-refractivity contribution in [1.82, 2.24) is 4.98 Å². The summed E-state index contributed by atoms with van der Waals surface area (Å²) in [6.45, 7) is 4.16. The summed E-state index contributed by atoms with van der Waals surface area (Å²) in [5, 5.41) is 0. The number of halogens is 1. The minimum absolute atomic E-state index is 1.08. The van der Waals surface area contributed by atoms with Gasteiger partial charge in [-0.1, -0.05) is 12.1 Å². The molecule has 2 aromatic heterocycles. The molecule has 0 aliphatic rings. The molecule has 8 heteroatoms. The first-order valence-electron chi connectivity index (χ1n) is 5.55. The SMILES string of the molecule is Cc1cc(C)[n+]2c(n1)sc1ccccc12.[O-][Cl+3]([O-])([O-])[O-]. The summed E-state index contributed by atoms with van der Waals surface area (Å²) in [5.41, 5.74) is 3.58. The highest BCUT2D eigenvalue weighted by molar-refractivity contribution is 7.22. The molecule has 0 unspecified atom stereocenters. The van der Waals surface area contributed by atoms with Crippen LogP contribution in [0.15, 0.2) is 30.3 Å². The summed E-state index contributed by atoms with van der Waals surface area (Å²) in [5.74, 6) is 0. The Hall–Kier alpha value is -1.35.